The van der Waals surface area contributed by atoms with E-state index in [1.807, 2.05) is 6.92 Å². The summed E-state index contributed by atoms with van der Waals surface area (Å²) in [6, 6.07) is 4.87. The van der Waals surface area contributed by atoms with E-state index in [4.69, 9.17) is 6.42 Å². The molecule has 1 N–H and O–H groups in total. The van der Waals surface area contributed by atoms with Crippen LogP contribution in [0.15, 0.2) is 29.2 Å². The number of benzene rings is 1. The third-order valence-corrected chi connectivity index (χ3v) is 3.86. The van der Waals surface area contributed by atoms with Crippen LogP contribution < -0.4 is 4.72 Å². The molecule has 1 unspecified atom stereocenters. The zero-order valence-electron chi connectivity index (χ0n) is 9.48. The molecule has 5 heteroatoms. The molecular weight excluding hydrogens is 241 g/mol. The van der Waals surface area contributed by atoms with Gasteiger partial charge in [-0.2, -0.15) is 0 Å². The van der Waals surface area contributed by atoms with Crippen LogP contribution in [-0.2, 0) is 10.0 Å². The van der Waals surface area contributed by atoms with Crippen LogP contribution in [0, 0.1) is 18.2 Å². The number of sulfonamides is 1. The van der Waals surface area contributed by atoms with Crippen molar-refractivity contribution in [3.05, 3.63) is 30.1 Å². The van der Waals surface area contributed by atoms with Crippen molar-refractivity contribution in [2.75, 3.05) is 0 Å². The summed E-state index contributed by atoms with van der Waals surface area (Å²) in [5, 5.41) is 0. The maximum Gasteiger partial charge on any atom is 0.243 e. The maximum absolute atomic E-state index is 13.4. The highest BCUT2D eigenvalue weighted by Gasteiger charge is 2.21. The second-order valence-corrected chi connectivity index (χ2v) is 5.25. The normalized spacial score (nSPS) is 13.0. The van der Waals surface area contributed by atoms with E-state index in [1.165, 1.54) is 18.2 Å². The lowest BCUT2D eigenvalue weighted by atomic mass is 10.2. The highest BCUT2D eigenvalue weighted by molar-refractivity contribution is 7.89. The van der Waals surface area contributed by atoms with Gasteiger partial charge in [0.2, 0.25) is 10.0 Å². The Balaban J connectivity index is 2.97. The van der Waals surface area contributed by atoms with E-state index in [1.54, 1.807) is 0 Å². The molecule has 3 nitrogen and oxygen atoms in total. The smallest absolute Gasteiger partial charge is 0.207 e. The molecule has 0 heterocycles. The molecule has 17 heavy (non-hydrogen) atoms. The quantitative estimate of drug-likeness (QED) is 0.817. The van der Waals surface area contributed by atoms with Gasteiger partial charge in [0.25, 0.3) is 0 Å². The zero-order valence-corrected chi connectivity index (χ0v) is 10.3. The Bertz CT molecular complexity index is 520. The van der Waals surface area contributed by atoms with E-state index < -0.39 is 15.8 Å². The molecule has 0 fully saturated rings. The largest absolute Gasteiger partial charge is 0.243 e. The summed E-state index contributed by atoms with van der Waals surface area (Å²) in [4.78, 5) is -0.351. The summed E-state index contributed by atoms with van der Waals surface area (Å²) in [6.45, 7) is 1.81. The summed E-state index contributed by atoms with van der Waals surface area (Å²) in [6.07, 6.45) is 5.97. The third-order valence-electron chi connectivity index (χ3n) is 2.31. The predicted octanol–water partition coefficient (Wildman–Crippen LogP) is 1.91. The van der Waals surface area contributed by atoms with Crippen molar-refractivity contribution in [1.29, 1.82) is 0 Å². The van der Waals surface area contributed by atoms with Gasteiger partial charge in [-0.1, -0.05) is 19.1 Å². The number of hydrogen-bond acceptors (Lipinski definition) is 2. The minimum atomic E-state index is -3.85. The SMILES string of the molecule is C#CCC(CC)NS(=O)(=O)c1ccccc1F. The Hall–Kier alpha value is -1.38. The predicted molar refractivity (Wildman–Crippen MR) is 64.3 cm³/mol. The summed E-state index contributed by atoms with van der Waals surface area (Å²) in [5.74, 6) is 1.62. The minimum Gasteiger partial charge on any atom is -0.207 e. The van der Waals surface area contributed by atoms with E-state index in [9.17, 15) is 12.8 Å². The van der Waals surface area contributed by atoms with E-state index in [-0.39, 0.29) is 17.4 Å². The van der Waals surface area contributed by atoms with Crippen molar-refractivity contribution in [3.8, 4) is 12.3 Å². The average molecular weight is 255 g/mol. The maximum atomic E-state index is 13.4. The lowest BCUT2D eigenvalue weighted by Crippen LogP contribution is -2.34. The first-order valence-corrected chi connectivity index (χ1v) is 6.70. The molecule has 0 aliphatic carbocycles. The topological polar surface area (TPSA) is 46.2 Å². The molecule has 0 amide bonds. The molecule has 92 valence electrons. The van der Waals surface area contributed by atoms with Crippen LogP contribution in [0.4, 0.5) is 4.39 Å². The number of halogens is 1. The Kier molecular flexibility index (Phi) is 4.67. The standard InChI is InChI=1S/C12H14FNO2S/c1-3-7-10(4-2)14-17(15,16)12-9-6-5-8-11(12)13/h1,5-6,8-10,14H,4,7H2,2H3. The first-order valence-electron chi connectivity index (χ1n) is 5.21. The third kappa shape index (κ3) is 3.55. The fraction of sp³-hybridized carbons (Fsp3) is 0.333. The van der Waals surface area contributed by atoms with Gasteiger partial charge in [-0.05, 0) is 18.6 Å². The highest BCUT2D eigenvalue weighted by atomic mass is 32.2. The number of terminal acetylenes is 1. The zero-order chi connectivity index (χ0) is 12.9. The molecule has 1 aromatic carbocycles. The van der Waals surface area contributed by atoms with Gasteiger partial charge < -0.3 is 0 Å². The Morgan fingerprint density at radius 1 is 1.47 bits per heavy atom. The van der Waals surface area contributed by atoms with E-state index in [0.29, 0.717) is 6.42 Å². The van der Waals surface area contributed by atoms with Crippen LogP contribution in [0.1, 0.15) is 19.8 Å². The highest BCUT2D eigenvalue weighted by Crippen LogP contribution is 2.14. The molecule has 0 saturated heterocycles. The Morgan fingerprint density at radius 3 is 2.65 bits per heavy atom. The van der Waals surface area contributed by atoms with Gasteiger partial charge in [-0.3, -0.25) is 0 Å². The lowest BCUT2D eigenvalue weighted by molar-refractivity contribution is 0.531. The van der Waals surface area contributed by atoms with Gasteiger partial charge in [-0.15, -0.1) is 12.3 Å². The molecule has 0 aliphatic heterocycles. The number of rotatable bonds is 5. The van der Waals surface area contributed by atoms with Gasteiger partial charge in [0.15, 0.2) is 0 Å². The van der Waals surface area contributed by atoms with Crippen LogP contribution in [0.5, 0.6) is 0 Å². The van der Waals surface area contributed by atoms with Gasteiger partial charge >= 0.3 is 0 Å². The first kappa shape index (κ1) is 13.7. The molecule has 0 saturated carbocycles. The average Bonchev–Trinajstić information content (AvgIpc) is 2.28. The Morgan fingerprint density at radius 2 is 2.12 bits per heavy atom. The second-order valence-electron chi connectivity index (χ2n) is 3.57. The van der Waals surface area contributed by atoms with Gasteiger partial charge in [0.1, 0.15) is 10.7 Å². The van der Waals surface area contributed by atoms with Crippen molar-refractivity contribution < 1.29 is 12.8 Å². The molecule has 0 radical (unpaired) electrons. The van der Waals surface area contributed by atoms with Crippen LogP contribution in [-0.4, -0.2) is 14.5 Å². The van der Waals surface area contributed by atoms with Crippen molar-refractivity contribution in [2.24, 2.45) is 0 Å². The van der Waals surface area contributed by atoms with E-state index in [0.717, 1.165) is 6.07 Å². The fourth-order valence-corrected chi connectivity index (χ4v) is 2.76. The number of hydrogen-bond donors (Lipinski definition) is 1. The van der Waals surface area contributed by atoms with E-state index in [2.05, 4.69) is 10.6 Å². The molecule has 1 rings (SSSR count). The van der Waals surface area contributed by atoms with Crippen molar-refractivity contribution in [2.45, 2.75) is 30.7 Å². The molecule has 0 spiro atoms. The monoisotopic (exact) mass is 255 g/mol. The molecule has 0 bridgehead atoms. The minimum absolute atomic E-state index is 0.282. The second kappa shape index (κ2) is 5.80. The molecule has 0 aromatic heterocycles. The molecule has 1 atom stereocenters. The molecular formula is C12H14FNO2S. The number of nitrogens with one attached hydrogen (secondary N) is 1. The van der Waals surface area contributed by atoms with Crippen LogP contribution in [0.2, 0.25) is 0 Å². The van der Waals surface area contributed by atoms with Crippen LogP contribution in [0.25, 0.3) is 0 Å². The lowest BCUT2D eigenvalue weighted by Gasteiger charge is -2.14. The van der Waals surface area contributed by atoms with E-state index >= 15 is 0 Å². The van der Waals surface area contributed by atoms with Gasteiger partial charge in [-0.25, -0.2) is 17.5 Å². The van der Waals surface area contributed by atoms with Crippen LogP contribution in [0.3, 0.4) is 0 Å². The summed E-state index contributed by atoms with van der Waals surface area (Å²) < 4.78 is 39.5. The van der Waals surface area contributed by atoms with Crippen molar-refractivity contribution >= 4 is 10.0 Å². The van der Waals surface area contributed by atoms with Crippen molar-refractivity contribution in [3.63, 3.8) is 0 Å². The summed E-state index contributed by atoms with van der Waals surface area (Å²) >= 11 is 0. The van der Waals surface area contributed by atoms with Gasteiger partial charge in [0, 0.05) is 12.5 Å². The summed E-state index contributed by atoms with van der Waals surface area (Å²) in [7, 11) is -3.85. The van der Waals surface area contributed by atoms with Gasteiger partial charge in [0.05, 0.1) is 0 Å². The van der Waals surface area contributed by atoms with Crippen molar-refractivity contribution in [1.82, 2.24) is 4.72 Å². The molecule has 0 aliphatic rings. The fourth-order valence-electron chi connectivity index (χ4n) is 1.36. The Labute approximate surface area is 101 Å². The van der Waals surface area contributed by atoms with Crippen LogP contribution >= 0.6 is 0 Å². The first-order chi connectivity index (χ1) is 8.01. The summed E-state index contributed by atoms with van der Waals surface area (Å²) in [5.41, 5.74) is 0. The molecule has 1 aromatic rings.